The number of nitrogens with zero attached hydrogens (tertiary/aromatic N) is 8. The predicted octanol–water partition coefficient (Wildman–Crippen LogP) is 3.04. The Kier molecular flexibility index (Phi) is 2.75. The van der Waals surface area contributed by atoms with Gasteiger partial charge in [0, 0.05) is 31.6 Å². The van der Waals surface area contributed by atoms with Gasteiger partial charge in [0.15, 0.2) is 11.4 Å². The Morgan fingerprint density at radius 3 is 1.23 bits per heavy atom. The number of nitriles is 2. The molecular formula is C22H4N8. The van der Waals surface area contributed by atoms with Gasteiger partial charge >= 0.3 is 0 Å². The second kappa shape index (κ2) is 5.20. The lowest BCUT2D eigenvalue weighted by Crippen LogP contribution is -1.96. The Labute approximate surface area is 166 Å². The Hall–Kier alpha value is -5.18. The van der Waals surface area contributed by atoms with Crippen LogP contribution >= 0.6 is 0 Å². The van der Waals surface area contributed by atoms with Gasteiger partial charge in [-0.3, -0.25) is 0 Å². The van der Waals surface area contributed by atoms with Crippen molar-refractivity contribution in [3.05, 3.63) is 101 Å². The zero-order chi connectivity index (χ0) is 20.6. The number of hydrogen-bond donors (Lipinski definition) is 0. The topological polar surface area (TPSA) is 108 Å². The third-order valence-electron chi connectivity index (χ3n) is 5.36. The van der Waals surface area contributed by atoms with Gasteiger partial charge in [-0.15, -0.1) is 9.97 Å². The fourth-order valence-electron chi connectivity index (χ4n) is 4.20. The van der Waals surface area contributed by atoms with Crippen molar-refractivity contribution in [3.63, 3.8) is 0 Å². The van der Waals surface area contributed by atoms with Gasteiger partial charge < -0.3 is 9.69 Å². The molecular weight excluding hydrogens is 376 g/mol. The van der Waals surface area contributed by atoms with Crippen LogP contribution in [0.1, 0.15) is 11.4 Å². The van der Waals surface area contributed by atoms with Crippen LogP contribution in [0.4, 0.5) is 11.6 Å². The van der Waals surface area contributed by atoms with E-state index in [1.807, 2.05) is 36.4 Å². The van der Waals surface area contributed by atoms with Crippen molar-refractivity contribution in [1.29, 1.82) is 10.5 Å². The monoisotopic (exact) mass is 380 g/mol. The van der Waals surface area contributed by atoms with Gasteiger partial charge in [-0.2, -0.15) is 10.5 Å². The average molecular weight is 380 g/mol. The van der Waals surface area contributed by atoms with E-state index in [1.54, 1.807) is 0 Å². The van der Waals surface area contributed by atoms with Crippen molar-refractivity contribution in [3.8, 4) is 12.1 Å². The van der Waals surface area contributed by atoms with E-state index in [2.05, 4.69) is 29.6 Å². The molecule has 6 rings (SSSR count). The Bertz CT molecular complexity index is 1800. The van der Waals surface area contributed by atoms with Gasteiger partial charge in [0.1, 0.15) is 12.1 Å². The Morgan fingerprint density at radius 1 is 0.600 bits per heavy atom. The number of rotatable bonds is 0. The van der Waals surface area contributed by atoms with Crippen molar-refractivity contribution in [2.24, 2.45) is 0 Å². The van der Waals surface area contributed by atoms with Crippen LogP contribution in [0.3, 0.4) is 0 Å². The molecule has 0 amide bonds. The first kappa shape index (κ1) is 15.8. The second-order valence-electron chi connectivity index (χ2n) is 6.70. The molecule has 0 unspecified atom stereocenters. The molecule has 2 aliphatic rings. The maximum Gasteiger partial charge on any atom is 0.294 e. The minimum absolute atomic E-state index is 0.00797. The molecule has 2 heterocycles. The molecule has 8 nitrogen and oxygen atoms in total. The fraction of sp³-hybridized carbons (Fsp3) is 0. The molecule has 0 radical (unpaired) electrons. The van der Waals surface area contributed by atoms with E-state index < -0.39 is 0 Å². The van der Waals surface area contributed by atoms with E-state index >= 15 is 0 Å². The van der Waals surface area contributed by atoms with Crippen LogP contribution in [0.15, 0.2) is 24.3 Å². The molecule has 0 N–H and O–H groups in total. The maximum atomic E-state index is 9.34. The maximum absolute atomic E-state index is 9.34. The lowest BCUT2D eigenvalue weighted by Gasteiger charge is -1.95. The van der Waals surface area contributed by atoms with Crippen molar-refractivity contribution < 1.29 is 0 Å². The summed E-state index contributed by atoms with van der Waals surface area (Å²) in [7, 11) is 0. The average Bonchev–Trinajstić information content (AvgIpc) is 3.28. The molecule has 0 saturated heterocycles. The summed E-state index contributed by atoms with van der Waals surface area (Å²) in [6, 6.07) is 11.4. The molecule has 132 valence electrons. The van der Waals surface area contributed by atoms with E-state index in [0.29, 0.717) is 21.4 Å². The van der Waals surface area contributed by atoms with E-state index in [9.17, 15) is 10.5 Å². The summed E-state index contributed by atoms with van der Waals surface area (Å²) in [4.78, 5) is 24.3. The molecule has 2 aliphatic carbocycles. The molecule has 8 heteroatoms. The van der Waals surface area contributed by atoms with Crippen LogP contribution in [-0.4, -0.2) is 19.9 Å². The smallest absolute Gasteiger partial charge is 0.294 e. The molecule has 0 saturated carbocycles. The van der Waals surface area contributed by atoms with Crippen LogP contribution in [0.5, 0.6) is 0 Å². The largest absolute Gasteiger partial charge is 0.370 e. The van der Waals surface area contributed by atoms with Gasteiger partial charge in [0.05, 0.1) is 10.7 Å². The number of fused-ring (bicyclic) bond motifs is 2. The van der Waals surface area contributed by atoms with Crippen LogP contribution < -0.4 is 0 Å². The van der Waals surface area contributed by atoms with Crippen molar-refractivity contribution in [2.45, 2.75) is 0 Å². The molecule has 0 atom stereocenters. The second-order valence-corrected chi connectivity index (χ2v) is 6.70. The van der Waals surface area contributed by atoms with E-state index in [-0.39, 0.29) is 23.0 Å². The first-order valence-electron chi connectivity index (χ1n) is 8.70. The minimum atomic E-state index is -0.0205. The van der Waals surface area contributed by atoms with Gasteiger partial charge in [-0.05, 0) is 12.1 Å². The zero-order valence-corrected chi connectivity index (χ0v) is 14.9. The SMILES string of the molecule is [C-]#[N+]c1nc2c(nc1[N+]#[C-])=c1ccc3c4c(ccc=2c14)=c1nc(C#N)c(C#N)nc1=3. The van der Waals surface area contributed by atoms with Crippen LogP contribution in [0, 0.1) is 78.1 Å². The standard InChI is InChI=1S/C22H4N8/c1-25-21-22(26-2)30-20-12-6-4-10-15-9(3-5-11(16(12)15)19(20)29-21)17-18(10)28-14(8-24)13(7-23)27-17/h3-6H. The summed E-state index contributed by atoms with van der Waals surface area (Å²) in [6.07, 6.45) is 0. The molecule has 0 bridgehead atoms. The Morgan fingerprint density at radius 2 is 0.933 bits per heavy atom. The van der Waals surface area contributed by atoms with E-state index in [4.69, 9.17) is 13.1 Å². The Balaban J connectivity index is 2.00. The lowest BCUT2D eigenvalue weighted by atomic mass is 10.1. The molecule has 0 fully saturated rings. The zero-order valence-electron chi connectivity index (χ0n) is 14.9. The summed E-state index contributed by atoms with van der Waals surface area (Å²) in [5, 5.41) is 26.0. The first-order chi connectivity index (χ1) is 14.7. The molecule has 0 aliphatic heterocycles. The fourth-order valence-corrected chi connectivity index (χ4v) is 4.20. The first-order valence-corrected chi connectivity index (χ1v) is 8.70. The summed E-state index contributed by atoms with van der Waals surface area (Å²) in [5.74, 6) is -0.0411. The summed E-state index contributed by atoms with van der Waals surface area (Å²) < 4.78 is 0. The number of hydrogen-bond acceptors (Lipinski definition) is 6. The number of benzene rings is 2. The van der Waals surface area contributed by atoms with Crippen molar-refractivity contribution in [2.75, 3.05) is 0 Å². The van der Waals surface area contributed by atoms with E-state index in [0.717, 1.165) is 31.6 Å². The molecule has 2 aromatic carbocycles. The van der Waals surface area contributed by atoms with Crippen LogP contribution in [0.2, 0.25) is 0 Å². The van der Waals surface area contributed by atoms with Gasteiger partial charge in [-0.1, -0.05) is 25.3 Å². The van der Waals surface area contributed by atoms with Crippen LogP contribution in [-0.2, 0) is 0 Å². The van der Waals surface area contributed by atoms with Gasteiger partial charge in [-0.25, -0.2) is 9.97 Å². The highest BCUT2D eigenvalue weighted by atomic mass is 15.0. The summed E-state index contributed by atoms with van der Waals surface area (Å²) in [5.41, 5.74) is -0.0159. The van der Waals surface area contributed by atoms with E-state index in [1.165, 1.54) is 0 Å². The van der Waals surface area contributed by atoms with Crippen molar-refractivity contribution >= 4 is 22.4 Å². The highest BCUT2D eigenvalue weighted by Gasteiger charge is 2.20. The highest BCUT2D eigenvalue weighted by Crippen LogP contribution is 2.30. The molecule has 30 heavy (non-hydrogen) atoms. The third-order valence-corrected chi connectivity index (χ3v) is 5.36. The minimum Gasteiger partial charge on any atom is -0.370 e. The number of aromatic nitrogens is 4. The third kappa shape index (κ3) is 1.66. The van der Waals surface area contributed by atoms with Gasteiger partial charge in [0.2, 0.25) is 10.7 Å². The van der Waals surface area contributed by atoms with Crippen molar-refractivity contribution in [1.82, 2.24) is 19.9 Å². The van der Waals surface area contributed by atoms with Crippen LogP contribution in [0.25, 0.3) is 20.5 Å². The summed E-state index contributed by atoms with van der Waals surface area (Å²) >= 11 is 0. The quantitative estimate of drug-likeness (QED) is 0.375. The molecule has 0 spiro atoms. The highest BCUT2D eigenvalue weighted by molar-refractivity contribution is 5.87. The summed E-state index contributed by atoms with van der Waals surface area (Å²) in [6.45, 7) is 14.6. The van der Waals surface area contributed by atoms with Gasteiger partial charge in [0.25, 0.3) is 11.6 Å². The molecule has 4 aromatic rings. The lowest BCUT2D eigenvalue weighted by molar-refractivity contribution is 1.05. The predicted molar refractivity (Wildman–Crippen MR) is 101 cm³/mol. The molecule has 2 aromatic heterocycles. The normalized spacial score (nSPS) is 11.2.